The minimum atomic E-state index is -0.492. The molecule has 0 spiro atoms. The van der Waals surface area contributed by atoms with Crippen LogP contribution in [0.5, 0.6) is 5.75 Å². The highest BCUT2D eigenvalue weighted by Gasteiger charge is 2.52. The maximum absolute atomic E-state index is 13.7. The van der Waals surface area contributed by atoms with E-state index >= 15 is 0 Å². The molecule has 1 saturated carbocycles. The first-order chi connectivity index (χ1) is 15.1. The van der Waals surface area contributed by atoms with Gasteiger partial charge in [-0.1, -0.05) is 19.1 Å². The number of fused-ring (bicyclic) bond motifs is 1. The van der Waals surface area contributed by atoms with Crippen LogP contribution in [0.4, 0.5) is 0 Å². The zero-order valence-electron chi connectivity index (χ0n) is 17.9. The highest BCUT2D eigenvalue weighted by molar-refractivity contribution is 6.11. The summed E-state index contributed by atoms with van der Waals surface area (Å²) >= 11 is 0. The number of amides is 1. The lowest BCUT2D eigenvalue weighted by atomic mass is 9.74. The van der Waals surface area contributed by atoms with Crippen LogP contribution in [-0.4, -0.2) is 29.3 Å². The fraction of sp³-hybridized carbons (Fsp3) is 0.440. The van der Waals surface area contributed by atoms with Gasteiger partial charge in [-0.25, -0.2) is 0 Å². The molecule has 0 radical (unpaired) electrons. The molecule has 2 aromatic rings. The van der Waals surface area contributed by atoms with E-state index in [1.54, 1.807) is 17.2 Å². The monoisotopic (exact) mass is 421 g/mol. The van der Waals surface area contributed by atoms with Gasteiger partial charge < -0.3 is 18.8 Å². The second-order valence-corrected chi connectivity index (χ2v) is 8.71. The van der Waals surface area contributed by atoms with Crippen LogP contribution in [0.3, 0.4) is 0 Å². The summed E-state index contributed by atoms with van der Waals surface area (Å²) in [4.78, 5) is 28.8. The van der Waals surface area contributed by atoms with E-state index in [1.807, 2.05) is 37.3 Å². The van der Waals surface area contributed by atoms with Crippen molar-refractivity contribution in [1.82, 2.24) is 4.90 Å². The SMILES string of the molecule is CCOc1ccc(C2C3=C(OC4CCC(C)CC4C3=O)C(=O)N2Cc2ccco2)cc1. The Morgan fingerprint density at radius 2 is 1.94 bits per heavy atom. The molecule has 1 aliphatic carbocycles. The Hall–Kier alpha value is -3.02. The first-order valence-corrected chi connectivity index (χ1v) is 11.1. The number of hydrogen-bond acceptors (Lipinski definition) is 5. The van der Waals surface area contributed by atoms with Gasteiger partial charge in [-0.3, -0.25) is 9.59 Å². The molecule has 31 heavy (non-hydrogen) atoms. The highest BCUT2D eigenvalue weighted by atomic mass is 16.5. The average Bonchev–Trinajstić information content (AvgIpc) is 3.37. The Labute approximate surface area is 181 Å². The number of Topliss-reactive ketones (excluding diaryl/α,β-unsaturated/α-hetero) is 1. The lowest BCUT2D eigenvalue weighted by molar-refractivity contribution is -0.136. The van der Waals surface area contributed by atoms with E-state index in [4.69, 9.17) is 13.9 Å². The topological polar surface area (TPSA) is 69.0 Å². The lowest BCUT2D eigenvalue weighted by Crippen LogP contribution is -2.41. The molecule has 0 N–H and O–H groups in total. The lowest BCUT2D eigenvalue weighted by Gasteiger charge is -2.37. The first kappa shape index (κ1) is 19.9. The summed E-state index contributed by atoms with van der Waals surface area (Å²) in [7, 11) is 0. The van der Waals surface area contributed by atoms with Crippen molar-refractivity contribution in [2.75, 3.05) is 6.61 Å². The van der Waals surface area contributed by atoms with Crippen LogP contribution in [0.15, 0.2) is 58.4 Å². The van der Waals surface area contributed by atoms with Gasteiger partial charge in [0.1, 0.15) is 17.6 Å². The third-order valence-corrected chi connectivity index (χ3v) is 6.62. The maximum atomic E-state index is 13.7. The predicted molar refractivity (Wildman–Crippen MR) is 113 cm³/mol. The Morgan fingerprint density at radius 3 is 2.65 bits per heavy atom. The molecule has 1 aromatic heterocycles. The van der Waals surface area contributed by atoms with Crippen molar-refractivity contribution in [3.63, 3.8) is 0 Å². The van der Waals surface area contributed by atoms with Gasteiger partial charge in [0, 0.05) is 0 Å². The van der Waals surface area contributed by atoms with E-state index in [0.29, 0.717) is 23.9 Å². The fourth-order valence-corrected chi connectivity index (χ4v) is 5.12. The third-order valence-electron chi connectivity index (χ3n) is 6.62. The molecular weight excluding hydrogens is 394 g/mol. The normalized spacial score (nSPS) is 27.7. The van der Waals surface area contributed by atoms with Crippen LogP contribution in [-0.2, 0) is 20.9 Å². The number of hydrogen-bond donors (Lipinski definition) is 0. The summed E-state index contributed by atoms with van der Waals surface area (Å²) in [6.07, 6.45) is 4.03. The van der Waals surface area contributed by atoms with E-state index in [9.17, 15) is 9.59 Å². The smallest absolute Gasteiger partial charge is 0.290 e. The Morgan fingerprint density at radius 1 is 1.13 bits per heavy atom. The first-order valence-electron chi connectivity index (χ1n) is 11.1. The van der Waals surface area contributed by atoms with Crippen molar-refractivity contribution in [1.29, 1.82) is 0 Å². The zero-order valence-corrected chi connectivity index (χ0v) is 17.9. The maximum Gasteiger partial charge on any atom is 0.290 e. The summed E-state index contributed by atoms with van der Waals surface area (Å²) < 4.78 is 17.3. The zero-order chi connectivity index (χ0) is 21.5. The number of benzene rings is 1. The Balaban J connectivity index is 1.55. The van der Waals surface area contributed by atoms with E-state index in [1.165, 1.54) is 0 Å². The molecule has 6 nitrogen and oxygen atoms in total. The van der Waals surface area contributed by atoms with Crippen LogP contribution in [0, 0.1) is 11.8 Å². The van der Waals surface area contributed by atoms with Gasteiger partial charge in [0.05, 0.1) is 36.9 Å². The number of furan rings is 1. The molecule has 1 amide bonds. The quantitative estimate of drug-likeness (QED) is 0.715. The number of nitrogens with zero attached hydrogens (tertiary/aromatic N) is 1. The molecule has 4 unspecified atom stereocenters. The predicted octanol–water partition coefficient (Wildman–Crippen LogP) is 4.42. The van der Waals surface area contributed by atoms with Crippen LogP contribution in [0.1, 0.15) is 50.5 Å². The summed E-state index contributed by atoms with van der Waals surface area (Å²) in [5, 5.41) is 0. The molecule has 3 heterocycles. The molecule has 2 aliphatic heterocycles. The number of ether oxygens (including phenoxy) is 2. The van der Waals surface area contributed by atoms with Gasteiger partial charge in [0.25, 0.3) is 5.91 Å². The number of carbonyl (C=O) groups excluding carboxylic acids is 2. The number of ketones is 1. The molecule has 5 rings (SSSR count). The van der Waals surface area contributed by atoms with Crippen molar-refractivity contribution in [2.24, 2.45) is 11.8 Å². The van der Waals surface area contributed by atoms with E-state index < -0.39 is 6.04 Å². The average molecular weight is 421 g/mol. The second kappa shape index (κ2) is 7.91. The van der Waals surface area contributed by atoms with Crippen molar-refractivity contribution in [3.05, 3.63) is 65.3 Å². The van der Waals surface area contributed by atoms with Crippen LogP contribution in [0.2, 0.25) is 0 Å². The minimum Gasteiger partial charge on any atom is -0.494 e. The van der Waals surface area contributed by atoms with Gasteiger partial charge in [0.15, 0.2) is 11.5 Å². The van der Waals surface area contributed by atoms with Crippen molar-refractivity contribution < 1.29 is 23.5 Å². The van der Waals surface area contributed by atoms with Gasteiger partial charge in [-0.05, 0) is 61.9 Å². The van der Waals surface area contributed by atoms with E-state index in [2.05, 4.69) is 6.92 Å². The Kier molecular flexibility index (Phi) is 5.08. The van der Waals surface area contributed by atoms with Crippen LogP contribution in [0.25, 0.3) is 0 Å². The molecule has 6 heteroatoms. The molecule has 1 fully saturated rings. The van der Waals surface area contributed by atoms with Gasteiger partial charge >= 0.3 is 0 Å². The van der Waals surface area contributed by atoms with Crippen molar-refractivity contribution in [3.8, 4) is 5.75 Å². The van der Waals surface area contributed by atoms with Gasteiger partial charge in [0.2, 0.25) is 0 Å². The third kappa shape index (κ3) is 3.44. The van der Waals surface area contributed by atoms with E-state index in [-0.39, 0.29) is 36.0 Å². The molecule has 1 aromatic carbocycles. The largest absolute Gasteiger partial charge is 0.494 e. The summed E-state index contributed by atoms with van der Waals surface area (Å²) in [6, 6.07) is 10.8. The van der Waals surface area contributed by atoms with Crippen molar-refractivity contribution >= 4 is 11.7 Å². The standard InChI is InChI=1S/C25H27NO5/c1-3-29-17-9-7-16(8-10-17)22-21-23(27)19-13-15(2)6-11-20(19)31-24(21)25(28)26(22)14-18-5-4-12-30-18/h4-5,7-10,12,15,19-20,22H,3,6,11,13-14H2,1-2H3. The molecule has 3 aliphatic rings. The highest BCUT2D eigenvalue weighted by Crippen LogP contribution is 2.48. The molecule has 0 saturated heterocycles. The molecular formula is C25H27NO5. The molecule has 4 atom stereocenters. The molecule has 162 valence electrons. The number of rotatable bonds is 5. The summed E-state index contributed by atoms with van der Waals surface area (Å²) in [5.41, 5.74) is 1.36. The second-order valence-electron chi connectivity index (χ2n) is 8.71. The van der Waals surface area contributed by atoms with Crippen molar-refractivity contribution in [2.45, 2.75) is 51.8 Å². The summed E-state index contributed by atoms with van der Waals surface area (Å²) in [5.74, 6) is 1.78. The van der Waals surface area contributed by atoms with Crippen LogP contribution >= 0.6 is 0 Å². The Bertz CT molecular complexity index is 1010. The summed E-state index contributed by atoms with van der Waals surface area (Å²) in [6.45, 7) is 4.97. The number of carbonyl (C=O) groups is 2. The van der Waals surface area contributed by atoms with E-state index in [0.717, 1.165) is 30.6 Å². The fourth-order valence-electron chi connectivity index (χ4n) is 5.12. The molecule has 0 bridgehead atoms. The van der Waals surface area contributed by atoms with Crippen LogP contribution < -0.4 is 4.74 Å². The minimum absolute atomic E-state index is 0.0620. The van der Waals surface area contributed by atoms with Gasteiger partial charge in [-0.2, -0.15) is 0 Å². The van der Waals surface area contributed by atoms with Gasteiger partial charge in [-0.15, -0.1) is 0 Å².